The first-order chi connectivity index (χ1) is 11.1. The number of thiazole rings is 1. The zero-order chi connectivity index (χ0) is 16.4. The topological polar surface area (TPSA) is 76.3 Å². The van der Waals surface area contributed by atoms with Crippen LogP contribution in [0, 0.1) is 5.82 Å². The van der Waals surface area contributed by atoms with Gasteiger partial charge in [-0.3, -0.25) is 4.79 Å². The van der Waals surface area contributed by atoms with Crippen LogP contribution in [0.5, 0.6) is 0 Å². The predicted molar refractivity (Wildman–Crippen MR) is 88.0 cm³/mol. The Labute approximate surface area is 138 Å². The third-order valence-electron chi connectivity index (χ3n) is 3.02. The number of ketones is 1. The molecular weight excluding hydrogens is 337 g/mol. The van der Waals surface area contributed by atoms with Gasteiger partial charge >= 0.3 is 6.03 Å². The molecule has 2 N–H and O–H groups in total. The first kappa shape index (κ1) is 15.3. The van der Waals surface area contributed by atoms with Crippen molar-refractivity contribution in [2.45, 2.75) is 0 Å². The Hall–Kier alpha value is -2.58. The van der Waals surface area contributed by atoms with Crippen LogP contribution in [0.25, 0.3) is 0 Å². The van der Waals surface area contributed by atoms with Gasteiger partial charge in [-0.25, -0.2) is 19.1 Å². The summed E-state index contributed by atoms with van der Waals surface area (Å²) in [6.45, 7) is 0. The fourth-order valence-electron chi connectivity index (χ4n) is 2.06. The average molecular weight is 347 g/mol. The van der Waals surface area contributed by atoms with Crippen molar-refractivity contribution in [3.63, 3.8) is 0 Å². The molecule has 0 fully saturated rings. The molecule has 0 spiro atoms. The molecule has 0 saturated heterocycles. The van der Waals surface area contributed by atoms with Crippen molar-refractivity contribution >= 4 is 45.3 Å². The van der Waals surface area contributed by atoms with Gasteiger partial charge in [-0.15, -0.1) is 22.7 Å². The van der Waals surface area contributed by atoms with E-state index in [9.17, 15) is 14.0 Å². The highest BCUT2D eigenvalue weighted by atomic mass is 32.1. The lowest BCUT2D eigenvalue weighted by atomic mass is 10.1. The minimum Gasteiger partial charge on any atom is -0.351 e. The summed E-state index contributed by atoms with van der Waals surface area (Å²) >= 11 is 2.43. The van der Waals surface area contributed by atoms with Crippen molar-refractivity contribution in [2.24, 2.45) is 5.73 Å². The Morgan fingerprint density at radius 2 is 2.00 bits per heavy atom. The van der Waals surface area contributed by atoms with E-state index < -0.39 is 11.8 Å². The number of nitrogens with two attached hydrogens (primary N) is 1. The highest BCUT2D eigenvalue weighted by molar-refractivity contribution is 7.14. The van der Waals surface area contributed by atoms with Crippen molar-refractivity contribution in [1.82, 2.24) is 4.98 Å². The highest BCUT2D eigenvalue weighted by Gasteiger charge is 2.25. The van der Waals surface area contributed by atoms with Gasteiger partial charge in [0.05, 0.1) is 10.6 Å². The number of aromatic nitrogens is 1. The second-order valence-corrected chi connectivity index (χ2v) is 6.28. The maximum atomic E-state index is 13.7. The van der Waals surface area contributed by atoms with Crippen LogP contribution in [-0.4, -0.2) is 16.8 Å². The maximum Gasteiger partial charge on any atom is 0.325 e. The van der Waals surface area contributed by atoms with E-state index in [2.05, 4.69) is 4.98 Å². The van der Waals surface area contributed by atoms with Gasteiger partial charge < -0.3 is 5.73 Å². The van der Waals surface area contributed by atoms with E-state index in [4.69, 9.17) is 5.73 Å². The summed E-state index contributed by atoms with van der Waals surface area (Å²) in [7, 11) is 0. The van der Waals surface area contributed by atoms with Crippen LogP contribution in [0.4, 0.5) is 20.0 Å². The van der Waals surface area contributed by atoms with Gasteiger partial charge in [0.15, 0.2) is 5.13 Å². The normalized spacial score (nSPS) is 10.5. The molecular formula is C15H10FN3O2S2. The highest BCUT2D eigenvalue weighted by Crippen LogP contribution is 2.32. The van der Waals surface area contributed by atoms with E-state index in [1.165, 1.54) is 29.7 Å². The summed E-state index contributed by atoms with van der Waals surface area (Å²) < 4.78 is 13.7. The maximum absolute atomic E-state index is 13.7. The van der Waals surface area contributed by atoms with Crippen molar-refractivity contribution in [3.8, 4) is 0 Å². The minimum atomic E-state index is -0.842. The summed E-state index contributed by atoms with van der Waals surface area (Å²) in [6.07, 6.45) is 1.50. The number of anilines is 2. The molecule has 2 aromatic heterocycles. The molecule has 0 aliphatic heterocycles. The van der Waals surface area contributed by atoms with E-state index in [1.807, 2.05) is 0 Å². The molecule has 0 atom stereocenters. The SMILES string of the molecule is NC(=O)N(c1nccs1)c1cc(F)ccc1C(=O)c1cccs1. The number of halogens is 1. The number of primary amides is 1. The van der Waals surface area contributed by atoms with Gasteiger partial charge in [0.1, 0.15) is 5.82 Å². The molecule has 3 rings (SSSR count). The molecule has 1 aromatic carbocycles. The van der Waals surface area contributed by atoms with Crippen molar-refractivity contribution in [2.75, 3.05) is 4.90 Å². The van der Waals surface area contributed by atoms with Gasteiger partial charge in [0, 0.05) is 17.1 Å². The van der Waals surface area contributed by atoms with Crippen LogP contribution in [0.3, 0.4) is 0 Å². The number of hydrogen-bond acceptors (Lipinski definition) is 5. The standard InChI is InChI=1S/C15H10FN3O2S2/c16-9-3-4-10(13(20)12-2-1-6-22-12)11(8-9)19(14(17)21)15-18-5-7-23-15/h1-8H,(H2,17,21). The van der Waals surface area contributed by atoms with E-state index in [1.54, 1.807) is 22.9 Å². The fourth-order valence-corrected chi connectivity index (χ4v) is 3.40. The number of nitrogens with zero attached hydrogens (tertiary/aromatic N) is 2. The van der Waals surface area contributed by atoms with Crippen LogP contribution in [-0.2, 0) is 0 Å². The Kier molecular flexibility index (Phi) is 4.18. The second kappa shape index (κ2) is 6.27. The van der Waals surface area contributed by atoms with Crippen LogP contribution in [0.2, 0.25) is 0 Å². The number of carbonyl (C=O) groups excluding carboxylic acids is 2. The van der Waals surface area contributed by atoms with Gasteiger partial charge in [0.2, 0.25) is 5.78 Å². The monoisotopic (exact) mass is 347 g/mol. The summed E-state index contributed by atoms with van der Waals surface area (Å²) in [5.74, 6) is -0.886. The first-order valence-corrected chi connectivity index (χ1v) is 8.20. The summed E-state index contributed by atoms with van der Waals surface area (Å²) in [5, 5.41) is 3.69. The van der Waals surface area contributed by atoms with E-state index >= 15 is 0 Å². The Bertz CT molecular complexity index is 848. The number of amides is 2. The molecule has 23 heavy (non-hydrogen) atoms. The molecule has 0 saturated carbocycles. The number of hydrogen-bond donors (Lipinski definition) is 1. The Morgan fingerprint density at radius 3 is 2.61 bits per heavy atom. The Balaban J connectivity index is 2.16. The number of rotatable bonds is 4. The molecule has 8 heteroatoms. The van der Waals surface area contributed by atoms with Crippen molar-refractivity contribution in [3.05, 3.63) is 63.5 Å². The molecule has 116 valence electrons. The first-order valence-electron chi connectivity index (χ1n) is 6.44. The Morgan fingerprint density at radius 1 is 1.17 bits per heavy atom. The molecule has 0 radical (unpaired) electrons. The average Bonchev–Trinajstić information content (AvgIpc) is 3.20. The van der Waals surface area contributed by atoms with Crippen LogP contribution < -0.4 is 10.6 Å². The smallest absolute Gasteiger partial charge is 0.325 e. The zero-order valence-electron chi connectivity index (χ0n) is 11.6. The third kappa shape index (κ3) is 2.99. The van der Waals surface area contributed by atoms with Gasteiger partial charge in [0.25, 0.3) is 0 Å². The van der Waals surface area contributed by atoms with Crippen molar-refractivity contribution in [1.29, 1.82) is 0 Å². The van der Waals surface area contributed by atoms with Crippen LogP contribution in [0.15, 0.2) is 47.3 Å². The van der Waals surface area contributed by atoms with Gasteiger partial charge in [-0.1, -0.05) is 6.07 Å². The minimum absolute atomic E-state index is 0.0749. The third-order valence-corrected chi connectivity index (χ3v) is 4.65. The van der Waals surface area contributed by atoms with Crippen LogP contribution >= 0.6 is 22.7 Å². The zero-order valence-corrected chi connectivity index (χ0v) is 13.2. The number of carbonyl (C=O) groups is 2. The number of benzene rings is 1. The molecule has 0 unspecified atom stereocenters. The van der Waals surface area contributed by atoms with Crippen molar-refractivity contribution < 1.29 is 14.0 Å². The second-order valence-electron chi connectivity index (χ2n) is 4.46. The number of thiophene rings is 1. The molecule has 0 bridgehead atoms. The summed E-state index contributed by atoms with van der Waals surface area (Å²) in [5.41, 5.74) is 5.68. The summed E-state index contributed by atoms with van der Waals surface area (Å²) in [4.78, 5) is 30.0. The molecule has 2 heterocycles. The van der Waals surface area contributed by atoms with Gasteiger partial charge in [-0.2, -0.15) is 0 Å². The number of urea groups is 1. The molecule has 3 aromatic rings. The fraction of sp³-hybridized carbons (Fsp3) is 0. The van der Waals surface area contributed by atoms with Crippen LogP contribution in [0.1, 0.15) is 15.2 Å². The quantitative estimate of drug-likeness (QED) is 0.730. The van der Waals surface area contributed by atoms with E-state index in [0.717, 1.165) is 22.3 Å². The molecule has 0 aliphatic carbocycles. The van der Waals surface area contributed by atoms with Gasteiger partial charge in [-0.05, 0) is 29.6 Å². The molecule has 0 aliphatic rings. The lowest BCUT2D eigenvalue weighted by Crippen LogP contribution is -2.32. The predicted octanol–water partition coefficient (Wildman–Crippen LogP) is 3.79. The molecule has 2 amide bonds. The van der Waals surface area contributed by atoms with E-state index in [0.29, 0.717) is 4.88 Å². The summed E-state index contributed by atoms with van der Waals surface area (Å²) in [6, 6.07) is 6.19. The lowest BCUT2D eigenvalue weighted by Gasteiger charge is -2.20. The lowest BCUT2D eigenvalue weighted by molar-refractivity contribution is 0.104. The largest absolute Gasteiger partial charge is 0.351 e. The molecule has 5 nitrogen and oxygen atoms in total. The van der Waals surface area contributed by atoms with E-state index in [-0.39, 0.29) is 22.2 Å².